The Hall–Kier alpha value is -2.00. The number of rotatable bonds is 3. The Labute approximate surface area is 166 Å². The fourth-order valence-electron chi connectivity index (χ4n) is 3.08. The van der Waals surface area contributed by atoms with Gasteiger partial charge in [0.1, 0.15) is 9.77 Å². The number of hydrogen-bond acceptors (Lipinski definition) is 5. The number of amides is 1. The third-order valence-electron chi connectivity index (χ3n) is 4.53. The van der Waals surface area contributed by atoms with Crippen molar-refractivity contribution in [2.45, 2.75) is 4.90 Å². The van der Waals surface area contributed by atoms with Crippen molar-refractivity contribution < 1.29 is 13.2 Å². The number of halogens is 1. The maximum atomic E-state index is 12.9. The van der Waals surface area contributed by atoms with Gasteiger partial charge in [0, 0.05) is 48.7 Å². The van der Waals surface area contributed by atoms with Gasteiger partial charge in [0.15, 0.2) is 0 Å². The molecular weight excluding hydrogens is 406 g/mol. The molecule has 0 radical (unpaired) electrons. The molecule has 1 aromatic carbocycles. The molecule has 0 unspecified atom stereocenters. The molecule has 6 nitrogen and oxygen atoms in total. The van der Waals surface area contributed by atoms with Crippen LogP contribution in [0.1, 0.15) is 9.67 Å². The summed E-state index contributed by atoms with van der Waals surface area (Å²) < 4.78 is 27.7. The maximum absolute atomic E-state index is 12.9. The van der Waals surface area contributed by atoms with E-state index >= 15 is 0 Å². The Morgan fingerprint density at radius 3 is 2.48 bits per heavy atom. The number of sulfonamides is 1. The fraction of sp³-hybridized carbons (Fsp3) is 0.222. The molecule has 2 aromatic heterocycles. The van der Waals surface area contributed by atoms with Crippen molar-refractivity contribution in [2.24, 2.45) is 0 Å². The largest absolute Gasteiger partial charge is 0.335 e. The van der Waals surface area contributed by atoms with Crippen LogP contribution in [0.5, 0.6) is 0 Å². The Bertz CT molecular complexity index is 1090. The summed E-state index contributed by atoms with van der Waals surface area (Å²) >= 11 is 7.77. The van der Waals surface area contributed by atoms with E-state index in [9.17, 15) is 13.2 Å². The molecule has 140 valence electrons. The summed E-state index contributed by atoms with van der Waals surface area (Å²) in [6, 6.07) is 10.7. The van der Waals surface area contributed by atoms with Crippen molar-refractivity contribution in [3.05, 3.63) is 58.7 Å². The highest BCUT2D eigenvalue weighted by atomic mass is 35.5. The van der Waals surface area contributed by atoms with Crippen LogP contribution in [-0.2, 0) is 10.0 Å². The molecule has 9 heteroatoms. The molecule has 0 aliphatic carbocycles. The molecule has 1 aliphatic rings. The molecule has 27 heavy (non-hydrogen) atoms. The molecule has 3 aromatic rings. The van der Waals surface area contributed by atoms with E-state index in [-0.39, 0.29) is 23.9 Å². The van der Waals surface area contributed by atoms with Gasteiger partial charge < -0.3 is 4.90 Å². The molecule has 0 N–H and O–H groups in total. The van der Waals surface area contributed by atoms with Gasteiger partial charge in [-0.3, -0.25) is 9.78 Å². The Balaban J connectivity index is 1.50. The molecule has 4 rings (SSSR count). The molecule has 0 bridgehead atoms. The zero-order valence-corrected chi connectivity index (χ0v) is 16.6. The maximum Gasteiger partial charge on any atom is 0.265 e. The van der Waals surface area contributed by atoms with Gasteiger partial charge in [-0.25, -0.2) is 8.42 Å². The second-order valence-electron chi connectivity index (χ2n) is 6.13. The van der Waals surface area contributed by atoms with E-state index in [1.807, 2.05) is 24.3 Å². The highest BCUT2D eigenvalue weighted by Crippen LogP contribution is 2.36. The highest BCUT2D eigenvalue weighted by molar-refractivity contribution is 7.89. The zero-order valence-electron chi connectivity index (χ0n) is 14.2. The number of nitrogens with zero attached hydrogens (tertiary/aromatic N) is 3. The predicted molar refractivity (Wildman–Crippen MR) is 106 cm³/mol. The summed E-state index contributed by atoms with van der Waals surface area (Å²) in [4.78, 5) is 19.1. The molecule has 1 saturated heterocycles. The van der Waals surface area contributed by atoms with Crippen molar-refractivity contribution in [2.75, 3.05) is 26.2 Å². The van der Waals surface area contributed by atoms with Gasteiger partial charge in [0.25, 0.3) is 5.91 Å². The lowest BCUT2D eigenvalue weighted by Crippen LogP contribution is -2.50. The van der Waals surface area contributed by atoms with Crippen molar-refractivity contribution in [1.29, 1.82) is 0 Å². The van der Waals surface area contributed by atoms with Gasteiger partial charge in [0.05, 0.1) is 5.02 Å². The van der Waals surface area contributed by atoms with Crippen LogP contribution in [0.25, 0.3) is 10.1 Å². The van der Waals surface area contributed by atoms with Crippen LogP contribution in [0.4, 0.5) is 0 Å². The van der Waals surface area contributed by atoms with E-state index in [2.05, 4.69) is 4.98 Å². The second-order valence-corrected chi connectivity index (χ2v) is 9.49. The van der Waals surface area contributed by atoms with Crippen LogP contribution >= 0.6 is 22.9 Å². The first-order chi connectivity index (χ1) is 13.0. The molecule has 0 spiro atoms. The monoisotopic (exact) mass is 421 g/mol. The van der Waals surface area contributed by atoms with Crippen LogP contribution in [0, 0.1) is 0 Å². The van der Waals surface area contributed by atoms with E-state index in [1.165, 1.54) is 34.1 Å². The van der Waals surface area contributed by atoms with Gasteiger partial charge in [-0.15, -0.1) is 11.3 Å². The lowest BCUT2D eigenvalue weighted by Gasteiger charge is -2.33. The van der Waals surface area contributed by atoms with E-state index in [0.717, 1.165) is 10.1 Å². The number of fused-ring (bicyclic) bond motifs is 1. The van der Waals surface area contributed by atoms with E-state index in [0.29, 0.717) is 23.0 Å². The van der Waals surface area contributed by atoms with Crippen molar-refractivity contribution in [3.8, 4) is 0 Å². The molecule has 3 heterocycles. The van der Waals surface area contributed by atoms with Gasteiger partial charge in [0.2, 0.25) is 10.0 Å². The minimum Gasteiger partial charge on any atom is -0.335 e. The second kappa shape index (κ2) is 7.20. The van der Waals surface area contributed by atoms with Crippen LogP contribution in [0.2, 0.25) is 5.02 Å². The average Bonchev–Trinajstić information content (AvgIpc) is 3.05. The number of carbonyl (C=O) groups excluding carboxylic acids is 1. The molecule has 0 atom stereocenters. The average molecular weight is 422 g/mol. The quantitative estimate of drug-likeness (QED) is 0.651. The smallest absolute Gasteiger partial charge is 0.265 e. The Kier molecular flexibility index (Phi) is 4.90. The minimum atomic E-state index is -3.60. The van der Waals surface area contributed by atoms with E-state index in [4.69, 9.17) is 11.6 Å². The number of hydrogen-bond donors (Lipinski definition) is 0. The van der Waals surface area contributed by atoms with Gasteiger partial charge >= 0.3 is 0 Å². The normalized spacial score (nSPS) is 16.0. The first-order valence-corrected chi connectivity index (χ1v) is 11.0. The predicted octanol–water partition coefficient (Wildman–Crippen LogP) is 3.10. The number of aromatic nitrogens is 1. The first kappa shape index (κ1) is 18.4. The Morgan fingerprint density at radius 2 is 1.81 bits per heavy atom. The molecule has 1 aliphatic heterocycles. The topological polar surface area (TPSA) is 70.6 Å². The number of benzene rings is 1. The van der Waals surface area contributed by atoms with Crippen LogP contribution < -0.4 is 0 Å². The minimum absolute atomic E-state index is 0.153. The summed E-state index contributed by atoms with van der Waals surface area (Å²) in [6.07, 6.45) is 2.87. The Morgan fingerprint density at radius 1 is 1.07 bits per heavy atom. The lowest BCUT2D eigenvalue weighted by molar-refractivity contribution is 0.0703. The van der Waals surface area contributed by atoms with E-state index < -0.39 is 10.0 Å². The first-order valence-electron chi connectivity index (χ1n) is 8.35. The van der Waals surface area contributed by atoms with Crippen LogP contribution in [0.15, 0.2) is 53.7 Å². The van der Waals surface area contributed by atoms with Crippen molar-refractivity contribution in [1.82, 2.24) is 14.2 Å². The summed E-state index contributed by atoms with van der Waals surface area (Å²) in [6.45, 7) is 1.13. The number of piperazine rings is 1. The molecule has 1 fully saturated rings. The van der Waals surface area contributed by atoms with Gasteiger partial charge in [-0.1, -0.05) is 29.8 Å². The molecule has 1 amide bonds. The molecular formula is C18H16ClN3O3S2. The summed E-state index contributed by atoms with van der Waals surface area (Å²) in [5.74, 6) is -0.153. The standard InChI is InChI=1S/C18H16ClN3O3S2/c19-16-14-5-1-2-6-15(14)26-17(16)18(23)21-8-10-22(11-9-21)27(24,25)13-4-3-7-20-12-13/h1-7,12H,8-11H2. The summed E-state index contributed by atoms with van der Waals surface area (Å²) in [7, 11) is -3.60. The SMILES string of the molecule is O=C(c1sc2ccccc2c1Cl)N1CCN(S(=O)(=O)c2cccnc2)CC1. The van der Waals surface area contributed by atoms with Crippen molar-refractivity contribution >= 4 is 49.0 Å². The summed E-state index contributed by atoms with van der Waals surface area (Å²) in [5.41, 5.74) is 0. The summed E-state index contributed by atoms with van der Waals surface area (Å²) in [5, 5.41) is 1.33. The lowest BCUT2D eigenvalue weighted by atomic mass is 10.2. The van der Waals surface area contributed by atoms with E-state index in [1.54, 1.807) is 11.0 Å². The zero-order chi connectivity index (χ0) is 19.0. The van der Waals surface area contributed by atoms with Crippen molar-refractivity contribution in [3.63, 3.8) is 0 Å². The molecule has 0 saturated carbocycles. The fourth-order valence-corrected chi connectivity index (χ4v) is 5.94. The number of thiophene rings is 1. The van der Waals surface area contributed by atoms with Crippen LogP contribution in [-0.4, -0.2) is 54.7 Å². The number of carbonyl (C=O) groups is 1. The van der Waals surface area contributed by atoms with Crippen LogP contribution in [0.3, 0.4) is 0 Å². The third-order valence-corrected chi connectivity index (χ3v) is 8.07. The number of pyridine rings is 1. The third kappa shape index (κ3) is 3.34. The van der Waals surface area contributed by atoms with Gasteiger partial charge in [-0.2, -0.15) is 4.31 Å². The van der Waals surface area contributed by atoms with Gasteiger partial charge in [-0.05, 0) is 18.2 Å². The highest BCUT2D eigenvalue weighted by Gasteiger charge is 2.31.